The smallest absolute Gasteiger partial charge is 0.323 e. The van der Waals surface area contributed by atoms with Crippen LogP contribution in [0.15, 0.2) is 18.2 Å². The number of ether oxygens (including phenoxy) is 2. The number of methoxy groups -OCH3 is 1. The lowest BCUT2D eigenvalue weighted by Gasteiger charge is -2.11. The number of carbonyl (C=O) groups is 2. The summed E-state index contributed by atoms with van der Waals surface area (Å²) in [5.41, 5.74) is 6.01. The fourth-order valence-corrected chi connectivity index (χ4v) is 2.20. The number of phenolic OH excluding ortho intramolecular Hbond substituents is 1. The van der Waals surface area contributed by atoms with E-state index < -0.39 is 12.0 Å². The van der Waals surface area contributed by atoms with Crippen molar-refractivity contribution in [3.63, 3.8) is 0 Å². The van der Waals surface area contributed by atoms with E-state index in [0.29, 0.717) is 12.0 Å². The first-order valence-corrected chi connectivity index (χ1v) is 8.45. The van der Waals surface area contributed by atoms with Crippen molar-refractivity contribution in [1.82, 2.24) is 5.32 Å². The average Bonchev–Trinajstić information content (AvgIpc) is 2.56. The Kier molecular flexibility index (Phi) is 8.28. The van der Waals surface area contributed by atoms with Gasteiger partial charge in [-0.1, -0.05) is 0 Å². The Hall–Kier alpha value is -1.93. The van der Waals surface area contributed by atoms with Gasteiger partial charge >= 0.3 is 5.97 Å². The van der Waals surface area contributed by atoms with Gasteiger partial charge in [0, 0.05) is 5.56 Å². The molecule has 0 heterocycles. The van der Waals surface area contributed by atoms with E-state index in [9.17, 15) is 14.7 Å². The van der Waals surface area contributed by atoms with Gasteiger partial charge in [-0.25, -0.2) is 0 Å². The summed E-state index contributed by atoms with van der Waals surface area (Å²) in [5, 5.41) is 12.1. The van der Waals surface area contributed by atoms with Gasteiger partial charge in [0.25, 0.3) is 5.91 Å². The van der Waals surface area contributed by atoms with Gasteiger partial charge in [-0.3, -0.25) is 9.59 Å². The molecule has 0 saturated heterocycles. The van der Waals surface area contributed by atoms with Crippen LogP contribution in [0.5, 0.6) is 11.5 Å². The number of nitrogens with two attached hydrogens (primary N) is 1. The number of rotatable bonds is 9. The second-order valence-electron chi connectivity index (χ2n) is 4.70. The number of amides is 1. The van der Waals surface area contributed by atoms with Crippen LogP contribution in [-0.2, 0) is 9.53 Å². The van der Waals surface area contributed by atoms with Crippen LogP contribution in [0.25, 0.3) is 0 Å². The van der Waals surface area contributed by atoms with Gasteiger partial charge in [0.1, 0.15) is 12.6 Å². The molecule has 7 nitrogen and oxygen atoms in total. The summed E-state index contributed by atoms with van der Waals surface area (Å²) in [4.78, 5) is 23.5. The van der Waals surface area contributed by atoms with Crippen molar-refractivity contribution in [3.05, 3.63) is 23.8 Å². The summed E-state index contributed by atoms with van der Waals surface area (Å²) in [6.45, 7) is 0.218. The minimum absolute atomic E-state index is 0.0442. The van der Waals surface area contributed by atoms with Gasteiger partial charge < -0.3 is 25.6 Å². The van der Waals surface area contributed by atoms with E-state index in [1.54, 1.807) is 11.8 Å². The Morgan fingerprint density at radius 1 is 1.43 bits per heavy atom. The maximum absolute atomic E-state index is 11.9. The van der Waals surface area contributed by atoms with Crippen molar-refractivity contribution in [1.29, 1.82) is 0 Å². The van der Waals surface area contributed by atoms with Crippen molar-refractivity contribution in [2.75, 3.05) is 32.3 Å². The number of esters is 1. The molecule has 1 atom stereocenters. The molecule has 0 aromatic heterocycles. The SMILES string of the molecule is COc1cc(C(=O)NCCOC(=O)[C@@H](N)CCSC)ccc1O. The first-order valence-electron chi connectivity index (χ1n) is 7.06. The van der Waals surface area contributed by atoms with Gasteiger partial charge in [-0.2, -0.15) is 11.8 Å². The lowest BCUT2D eigenvalue weighted by atomic mass is 10.2. The molecular formula is C15H22N2O5S. The third-order valence-electron chi connectivity index (χ3n) is 3.01. The quantitative estimate of drug-likeness (QED) is 0.449. The largest absolute Gasteiger partial charge is 0.504 e. The monoisotopic (exact) mass is 342 g/mol. The first-order chi connectivity index (χ1) is 11.0. The maximum atomic E-state index is 11.9. The molecule has 0 bridgehead atoms. The highest BCUT2D eigenvalue weighted by Gasteiger charge is 2.14. The maximum Gasteiger partial charge on any atom is 0.323 e. The van der Waals surface area contributed by atoms with E-state index in [1.165, 1.54) is 25.3 Å². The van der Waals surface area contributed by atoms with Gasteiger partial charge in [-0.05, 0) is 36.6 Å². The summed E-state index contributed by atoms with van der Waals surface area (Å²) in [6, 6.07) is 3.63. The van der Waals surface area contributed by atoms with Crippen LogP contribution in [0.1, 0.15) is 16.8 Å². The zero-order chi connectivity index (χ0) is 17.2. The molecule has 0 aliphatic heterocycles. The topological polar surface area (TPSA) is 111 Å². The molecule has 0 saturated carbocycles. The molecule has 8 heteroatoms. The molecule has 1 aromatic rings. The molecule has 4 N–H and O–H groups in total. The predicted molar refractivity (Wildman–Crippen MR) is 88.9 cm³/mol. The van der Waals surface area contributed by atoms with Crippen LogP contribution in [0.2, 0.25) is 0 Å². The summed E-state index contributed by atoms with van der Waals surface area (Å²) in [5.74, 6) is 0.127. The zero-order valence-electron chi connectivity index (χ0n) is 13.2. The number of hydrogen-bond donors (Lipinski definition) is 3. The third-order valence-corrected chi connectivity index (χ3v) is 3.65. The van der Waals surface area contributed by atoms with E-state index in [1.807, 2.05) is 6.26 Å². The van der Waals surface area contributed by atoms with E-state index >= 15 is 0 Å². The Labute approximate surface area is 139 Å². The molecule has 0 fully saturated rings. The van der Waals surface area contributed by atoms with Crippen LogP contribution in [0.3, 0.4) is 0 Å². The van der Waals surface area contributed by atoms with Crippen LogP contribution >= 0.6 is 11.8 Å². The van der Waals surface area contributed by atoms with E-state index in [4.69, 9.17) is 15.2 Å². The Morgan fingerprint density at radius 2 is 2.17 bits per heavy atom. The van der Waals surface area contributed by atoms with E-state index in [0.717, 1.165) is 5.75 Å². The zero-order valence-corrected chi connectivity index (χ0v) is 14.0. The molecule has 128 valence electrons. The molecular weight excluding hydrogens is 320 g/mol. The predicted octanol–water partition coefficient (Wildman–Crippen LogP) is 0.754. The van der Waals surface area contributed by atoms with Crippen molar-refractivity contribution in [2.45, 2.75) is 12.5 Å². The fraction of sp³-hybridized carbons (Fsp3) is 0.467. The van der Waals surface area contributed by atoms with E-state index in [2.05, 4.69) is 5.32 Å². The molecule has 0 radical (unpaired) electrons. The minimum Gasteiger partial charge on any atom is -0.504 e. The summed E-state index contributed by atoms with van der Waals surface area (Å²) >= 11 is 1.61. The third kappa shape index (κ3) is 6.37. The van der Waals surface area contributed by atoms with Crippen LogP contribution in [-0.4, -0.2) is 55.3 Å². The standard InChI is InChI=1S/C15H22N2O5S/c1-21-13-9-10(3-4-12(13)18)14(19)17-6-7-22-15(20)11(16)5-8-23-2/h3-4,9,11,18H,5-8,16H2,1-2H3,(H,17,19)/t11-/m0/s1. The lowest BCUT2D eigenvalue weighted by Crippen LogP contribution is -2.35. The molecule has 1 aromatic carbocycles. The molecule has 0 spiro atoms. The highest BCUT2D eigenvalue weighted by Crippen LogP contribution is 2.26. The number of thioether (sulfide) groups is 1. The van der Waals surface area contributed by atoms with Crippen molar-refractivity contribution < 1.29 is 24.2 Å². The molecule has 1 rings (SSSR count). The van der Waals surface area contributed by atoms with Gasteiger partial charge in [0.05, 0.1) is 13.7 Å². The number of carbonyl (C=O) groups excluding carboxylic acids is 2. The lowest BCUT2D eigenvalue weighted by molar-refractivity contribution is -0.145. The number of hydrogen-bond acceptors (Lipinski definition) is 7. The molecule has 1 amide bonds. The number of nitrogens with one attached hydrogen (secondary N) is 1. The van der Waals surface area contributed by atoms with Crippen molar-refractivity contribution in [2.24, 2.45) is 5.73 Å². The normalized spacial score (nSPS) is 11.6. The Balaban J connectivity index is 2.35. The van der Waals surface area contributed by atoms with Crippen LogP contribution < -0.4 is 15.8 Å². The number of aromatic hydroxyl groups is 1. The fourth-order valence-electron chi connectivity index (χ4n) is 1.71. The minimum atomic E-state index is -0.639. The summed E-state index contributed by atoms with van der Waals surface area (Å²) in [6.07, 6.45) is 2.49. The van der Waals surface area contributed by atoms with E-state index in [-0.39, 0.29) is 30.6 Å². The van der Waals surface area contributed by atoms with Gasteiger partial charge in [0.2, 0.25) is 0 Å². The highest BCUT2D eigenvalue weighted by atomic mass is 32.2. The van der Waals surface area contributed by atoms with Gasteiger partial charge in [-0.15, -0.1) is 0 Å². The molecule has 0 aliphatic carbocycles. The highest BCUT2D eigenvalue weighted by molar-refractivity contribution is 7.98. The van der Waals surface area contributed by atoms with Gasteiger partial charge in [0.15, 0.2) is 11.5 Å². The van der Waals surface area contributed by atoms with Crippen LogP contribution in [0, 0.1) is 0 Å². The second kappa shape index (κ2) is 9.96. The van der Waals surface area contributed by atoms with Crippen molar-refractivity contribution >= 4 is 23.6 Å². The van der Waals surface area contributed by atoms with Crippen molar-refractivity contribution in [3.8, 4) is 11.5 Å². The molecule has 0 unspecified atom stereocenters. The number of phenols is 1. The Morgan fingerprint density at radius 3 is 2.83 bits per heavy atom. The summed E-state index contributed by atoms with van der Waals surface area (Å²) in [7, 11) is 1.40. The summed E-state index contributed by atoms with van der Waals surface area (Å²) < 4.78 is 9.94. The molecule has 23 heavy (non-hydrogen) atoms. The number of benzene rings is 1. The second-order valence-corrected chi connectivity index (χ2v) is 5.68. The Bertz CT molecular complexity index is 539. The first kappa shape index (κ1) is 19.1. The van der Waals surface area contributed by atoms with Crippen LogP contribution in [0.4, 0.5) is 0 Å². The average molecular weight is 342 g/mol. The molecule has 0 aliphatic rings.